The van der Waals surface area contributed by atoms with Crippen molar-refractivity contribution in [3.05, 3.63) is 152 Å². The molecular weight excluding hydrogens is 725 g/mol. The Morgan fingerprint density at radius 1 is 0.571 bits per heavy atom. The molecule has 290 valence electrons. The number of halogens is 6. The lowest BCUT2D eigenvalue weighted by molar-refractivity contribution is -0.169. The number of aromatic nitrogens is 1. The second-order valence-electron chi connectivity index (χ2n) is 14.7. The Balaban J connectivity index is 1.72. The second-order valence-corrected chi connectivity index (χ2v) is 14.7. The van der Waals surface area contributed by atoms with Crippen LogP contribution in [-0.2, 0) is 9.31 Å². The van der Waals surface area contributed by atoms with Crippen molar-refractivity contribution in [2.24, 2.45) is 4.99 Å². The van der Waals surface area contributed by atoms with Gasteiger partial charge in [-0.2, -0.15) is 26.3 Å². The summed E-state index contributed by atoms with van der Waals surface area (Å²) in [6.45, 7) is 12.1. The van der Waals surface area contributed by atoms with Crippen LogP contribution in [0.3, 0.4) is 0 Å². The first-order chi connectivity index (χ1) is 26.3. The maximum absolute atomic E-state index is 13.8. The summed E-state index contributed by atoms with van der Waals surface area (Å²) in [7, 11) is -2.14. The third-order valence-electron chi connectivity index (χ3n) is 10.1. The fourth-order valence-corrected chi connectivity index (χ4v) is 6.87. The van der Waals surface area contributed by atoms with Gasteiger partial charge in [0.05, 0.1) is 11.4 Å². The lowest BCUT2D eigenvalue weighted by atomic mass is 9.92. The Bertz CT molecular complexity index is 2350. The van der Waals surface area contributed by atoms with Gasteiger partial charge in [-0.05, 0) is 124 Å². The molecule has 0 N–H and O–H groups in total. The monoisotopic (exact) mass is 768 g/mol. The fourth-order valence-electron chi connectivity index (χ4n) is 6.87. The minimum absolute atomic E-state index is 0.262. The van der Waals surface area contributed by atoms with Gasteiger partial charge in [-0.25, -0.2) is 4.99 Å². The topological polar surface area (TPSA) is 35.8 Å². The SMILES string of the molecule is Cc1ccc(C2=N/C(=C\c3c(-c4cc(C)c(C)cc4C)cc(-c4ccc(C)cc4)n3B(OCC(F)(F)F)OCC(F)(F)F)C(c3cc(C)c(C)cc3C)=C2)cc1. The van der Waals surface area contributed by atoms with E-state index in [-0.39, 0.29) is 5.69 Å². The molecule has 0 radical (unpaired) electrons. The van der Waals surface area contributed by atoms with E-state index < -0.39 is 32.8 Å². The average molecular weight is 769 g/mol. The quantitative estimate of drug-likeness (QED) is 0.105. The molecule has 1 aromatic heterocycles. The number of hydrogen-bond donors (Lipinski definition) is 0. The molecule has 5 aromatic rings. The van der Waals surface area contributed by atoms with Crippen LogP contribution in [0.1, 0.15) is 61.3 Å². The first kappa shape index (κ1) is 40.5. The fraction of sp³-hybridized carbons (Fsp3) is 0.267. The van der Waals surface area contributed by atoms with Crippen LogP contribution in [0.25, 0.3) is 34.0 Å². The second kappa shape index (κ2) is 15.8. The van der Waals surface area contributed by atoms with E-state index in [1.807, 2.05) is 110 Å². The van der Waals surface area contributed by atoms with Crippen LogP contribution in [0.4, 0.5) is 26.3 Å². The summed E-state index contributed by atoms with van der Waals surface area (Å²) in [5.41, 5.74) is 14.0. The molecule has 4 nitrogen and oxygen atoms in total. The summed E-state index contributed by atoms with van der Waals surface area (Å²) in [6.07, 6.45) is -6.03. The molecule has 0 unspecified atom stereocenters. The van der Waals surface area contributed by atoms with E-state index in [1.54, 1.807) is 24.3 Å². The summed E-state index contributed by atoms with van der Waals surface area (Å²) >= 11 is 0. The molecule has 1 aliphatic heterocycles. The molecule has 0 fully saturated rings. The van der Waals surface area contributed by atoms with E-state index >= 15 is 0 Å². The molecule has 56 heavy (non-hydrogen) atoms. The Hall–Kier alpha value is -5.13. The van der Waals surface area contributed by atoms with Gasteiger partial charge in [-0.1, -0.05) is 83.9 Å². The largest absolute Gasteiger partial charge is 0.598 e. The van der Waals surface area contributed by atoms with Gasteiger partial charge in [0, 0.05) is 28.1 Å². The zero-order chi connectivity index (χ0) is 40.7. The van der Waals surface area contributed by atoms with Crippen molar-refractivity contribution in [3.8, 4) is 22.4 Å². The molecule has 0 aliphatic carbocycles. The maximum Gasteiger partial charge on any atom is 0.598 e. The minimum Gasteiger partial charge on any atom is -0.382 e. The van der Waals surface area contributed by atoms with E-state index in [4.69, 9.17) is 14.3 Å². The summed E-state index contributed by atoms with van der Waals surface area (Å²) in [4.78, 5) is 5.12. The van der Waals surface area contributed by atoms with Crippen LogP contribution < -0.4 is 0 Å². The molecule has 11 heteroatoms. The Kier molecular flexibility index (Phi) is 11.4. The highest BCUT2D eigenvalue weighted by atomic mass is 19.4. The predicted molar refractivity (Wildman–Crippen MR) is 214 cm³/mol. The molecule has 0 saturated heterocycles. The lowest BCUT2D eigenvalue weighted by Crippen LogP contribution is -2.39. The minimum atomic E-state index is -4.86. The smallest absolute Gasteiger partial charge is 0.382 e. The number of allylic oxidation sites excluding steroid dienone is 2. The van der Waals surface area contributed by atoms with Crippen LogP contribution >= 0.6 is 0 Å². The van der Waals surface area contributed by atoms with E-state index in [0.717, 1.165) is 66.8 Å². The number of aryl methyl sites for hydroxylation is 8. The van der Waals surface area contributed by atoms with Crippen LogP contribution in [0, 0.1) is 55.4 Å². The average Bonchev–Trinajstić information content (AvgIpc) is 3.70. The van der Waals surface area contributed by atoms with Gasteiger partial charge < -0.3 is 13.8 Å². The van der Waals surface area contributed by atoms with Crippen molar-refractivity contribution in [1.29, 1.82) is 0 Å². The molecule has 0 saturated carbocycles. The van der Waals surface area contributed by atoms with Gasteiger partial charge in [0.2, 0.25) is 0 Å². The molecule has 1 aliphatic rings. The first-order valence-electron chi connectivity index (χ1n) is 18.2. The maximum atomic E-state index is 13.8. The number of alkyl halides is 6. The molecule has 0 amide bonds. The zero-order valence-corrected chi connectivity index (χ0v) is 32.6. The highest BCUT2D eigenvalue weighted by Gasteiger charge is 2.39. The van der Waals surface area contributed by atoms with E-state index in [2.05, 4.69) is 12.1 Å². The van der Waals surface area contributed by atoms with E-state index in [0.29, 0.717) is 28.2 Å². The van der Waals surface area contributed by atoms with Crippen LogP contribution in [0.15, 0.2) is 95.6 Å². The Labute approximate surface area is 324 Å². The molecule has 0 spiro atoms. The van der Waals surface area contributed by atoms with Crippen LogP contribution in [0.5, 0.6) is 0 Å². The van der Waals surface area contributed by atoms with Gasteiger partial charge in [-0.15, -0.1) is 0 Å². The lowest BCUT2D eigenvalue weighted by Gasteiger charge is -2.22. The molecule has 4 aromatic carbocycles. The molecule has 0 bridgehead atoms. The number of hydrogen-bond acceptors (Lipinski definition) is 3. The van der Waals surface area contributed by atoms with E-state index in [9.17, 15) is 26.3 Å². The van der Waals surface area contributed by atoms with Crippen molar-refractivity contribution in [2.45, 2.75) is 67.7 Å². The number of benzene rings is 4. The third-order valence-corrected chi connectivity index (χ3v) is 10.1. The van der Waals surface area contributed by atoms with Gasteiger partial charge in [0.15, 0.2) is 0 Å². The predicted octanol–water partition coefficient (Wildman–Crippen LogP) is 12.2. The molecule has 6 rings (SSSR count). The third kappa shape index (κ3) is 9.11. The zero-order valence-electron chi connectivity index (χ0n) is 32.6. The van der Waals surface area contributed by atoms with Crippen molar-refractivity contribution in [1.82, 2.24) is 4.48 Å². The van der Waals surface area contributed by atoms with Gasteiger partial charge >= 0.3 is 19.6 Å². The summed E-state index contributed by atoms with van der Waals surface area (Å²) in [5.74, 6) is 0. The van der Waals surface area contributed by atoms with Crippen molar-refractivity contribution < 1.29 is 35.7 Å². The Morgan fingerprint density at radius 2 is 1.04 bits per heavy atom. The first-order valence-corrected chi connectivity index (χ1v) is 18.2. The molecule has 2 heterocycles. The van der Waals surface area contributed by atoms with Crippen LogP contribution in [0.2, 0.25) is 0 Å². The molecular formula is C45H43BF6N2O2. The highest BCUT2D eigenvalue weighted by molar-refractivity contribution is 6.44. The normalized spacial score (nSPS) is 14.1. The van der Waals surface area contributed by atoms with Gasteiger partial charge in [-0.3, -0.25) is 0 Å². The summed E-state index contributed by atoms with van der Waals surface area (Å²) in [6, 6.07) is 25.0. The van der Waals surface area contributed by atoms with Gasteiger partial charge in [0.25, 0.3) is 0 Å². The summed E-state index contributed by atoms with van der Waals surface area (Å²) in [5, 5.41) is 0. The standard InChI is InChI=1S/C45H43BF6N2O2/c1-26-9-13-34(14-10-26)40-21-38(36-19-30(5)28(3)17-32(36)7)41(53-40)23-43-39(37-20-31(6)29(4)18-33(37)8)22-42(35-15-11-27(2)12-16-35)54(43)46(55-24-44(47,48)49)56-25-45(50,51)52/h9-23H,24-25H2,1-8H3/b41-23-. The van der Waals surface area contributed by atoms with Crippen molar-refractivity contribution >= 4 is 24.6 Å². The van der Waals surface area contributed by atoms with E-state index in [1.165, 1.54) is 4.48 Å². The number of rotatable bonds is 10. The van der Waals surface area contributed by atoms with Crippen molar-refractivity contribution in [2.75, 3.05) is 13.2 Å². The van der Waals surface area contributed by atoms with Crippen molar-refractivity contribution in [3.63, 3.8) is 0 Å². The van der Waals surface area contributed by atoms with Crippen LogP contribution in [-0.4, -0.2) is 43.0 Å². The number of nitrogens with zero attached hydrogens (tertiary/aromatic N) is 2. The Morgan fingerprint density at radius 3 is 1.55 bits per heavy atom. The number of aliphatic imine (C=N–C) groups is 1. The van der Waals surface area contributed by atoms with Gasteiger partial charge in [0.1, 0.15) is 13.2 Å². The molecule has 0 atom stereocenters. The highest BCUT2D eigenvalue weighted by Crippen LogP contribution is 2.41. The summed E-state index contributed by atoms with van der Waals surface area (Å²) < 4.78 is 94.8.